The maximum Gasteiger partial charge on any atom is 0.257 e. The zero-order valence-electron chi connectivity index (χ0n) is 23.7. The molecule has 4 aromatic rings. The molecule has 0 atom stereocenters. The Morgan fingerprint density at radius 1 is 1.05 bits per heavy atom. The number of benzene rings is 3. The molecule has 3 aromatic carbocycles. The molecule has 0 bridgehead atoms. The highest BCUT2D eigenvalue weighted by atomic mass is 32.2. The molecule has 7 rings (SSSR count). The summed E-state index contributed by atoms with van der Waals surface area (Å²) in [4.78, 5) is 36.5. The van der Waals surface area contributed by atoms with Crippen molar-refractivity contribution in [3.8, 4) is 10.6 Å². The average Bonchev–Trinajstić information content (AvgIpc) is 3.41. The molecule has 9 nitrogen and oxygen atoms in total. The first-order valence-electron chi connectivity index (χ1n) is 14.4. The normalized spacial score (nSPS) is 18.0. The van der Waals surface area contributed by atoms with E-state index in [1.165, 1.54) is 60.7 Å². The minimum absolute atomic E-state index is 0.0290. The number of nitrogens with one attached hydrogen (secondary N) is 2. The van der Waals surface area contributed by atoms with Gasteiger partial charge in [-0.1, -0.05) is 36.4 Å². The summed E-state index contributed by atoms with van der Waals surface area (Å²) < 4.78 is 26.7. The summed E-state index contributed by atoms with van der Waals surface area (Å²) >= 11 is 1.52. The number of carbonyl (C=O) groups excluding carboxylic acids is 2. The van der Waals surface area contributed by atoms with Gasteiger partial charge in [0.15, 0.2) is 0 Å². The van der Waals surface area contributed by atoms with Gasteiger partial charge in [-0.2, -0.15) is 0 Å². The van der Waals surface area contributed by atoms with Gasteiger partial charge in [0.2, 0.25) is 9.84 Å². The van der Waals surface area contributed by atoms with Gasteiger partial charge in [-0.3, -0.25) is 19.4 Å². The van der Waals surface area contributed by atoms with E-state index in [-0.39, 0.29) is 33.5 Å². The van der Waals surface area contributed by atoms with Gasteiger partial charge in [0.05, 0.1) is 27.6 Å². The van der Waals surface area contributed by atoms with Crippen LogP contribution in [0.5, 0.6) is 0 Å². The Morgan fingerprint density at radius 2 is 1.81 bits per heavy atom. The van der Waals surface area contributed by atoms with E-state index in [2.05, 4.69) is 49.7 Å². The summed E-state index contributed by atoms with van der Waals surface area (Å²) in [7, 11) is -3.95. The highest BCUT2D eigenvalue weighted by molar-refractivity contribution is 7.91. The van der Waals surface area contributed by atoms with E-state index in [1.807, 2.05) is 0 Å². The lowest BCUT2D eigenvalue weighted by atomic mass is 10.0. The Bertz CT molecular complexity index is 1840. The van der Waals surface area contributed by atoms with Gasteiger partial charge >= 0.3 is 0 Å². The second-order valence-electron chi connectivity index (χ2n) is 11.3. The number of carbonyl (C=O) groups is 2. The molecule has 2 N–H and O–H groups in total. The van der Waals surface area contributed by atoms with Gasteiger partial charge in [0, 0.05) is 47.9 Å². The van der Waals surface area contributed by atoms with Crippen molar-refractivity contribution >= 4 is 38.7 Å². The molecule has 2 fully saturated rings. The van der Waals surface area contributed by atoms with Gasteiger partial charge in [0.1, 0.15) is 5.01 Å². The van der Waals surface area contributed by atoms with Crippen LogP contribution in [0.2, 0.25) is 0 Å². The summed E-state index contributed by atoms with van der Waals surface area (Å²) in [5.74, 6) is -0.893. The maximum atomic E-state index is 13.4. The van der Waals surface area contributed by atoms with E-state index in [1.54, 1.807) is 25.3 Å². The number of likely N-dealkylation sites (tertiary alicyclic amines) is 2. The number of hydrogen-bond acceptors (Lipinski definition) is 8. The zero-order chi connectivity index (χ0) is 29.7. The highest BCUT2D eigenvalue weighted by Gasteiger charge is 2.34. The molecule has 1 aromatic heterocycles. The van der Waals surface area contributed by atoms with E-state index in [9.17, 15) is 18.0 Å². The number of nitrogens with zero attached hydrogens (tertiary/aromatic N) is 3. The molecule has 11 heteroatoms. The monoisotopic (exact) mass is 613 g/mol. The third-order valence-electron chi connectivity index (χ3n) is 8.55. The average molecular weight is 614 g/mol. The molecular weight excluding hydrogens is 583 g/mol. The predicted molar refractivity (Wildman–Crippen MR) is 165 cm³/mol. The molecule has 220 valence electrons. The van der Waals surface area contributed by atoms with Gasteiger partial charge < -0.3 is 10.6 Å². The second-order valence-corrected chi connectivity index (χ2v) is 14.3. The molecule has 3 aliphatic heterocycles. The van der Waals surface area contributed by atoms with Crippen LogP contribution in [0.1, 0.15) is 43.1 Å². The third kappa shape index (κ3) is 5.16. The molecule has 0 unspecified atom stereocenters. The minimum Gasteiger partial charge on any atom is -0.347 e. The molecule has 0 saturated carbocycles. The van der Waals surface area contributed by atoms with E-state index >= 15 is 0 Å². The fraction of sp³-hybridized carbons (Fsp3) is 0.281. The molecule has 0 spiro atoms. The molecule has 4 heterocycles. The van der Waals surface area contributed by atoms with Gasteiger partial charge in [0.25, 0.3) is 11.8 Å². The van der Waals surface area contributed by atoms with Crippen molar-refractivity contribution in [2.45, 2.75) is 42.3 Å². The third-order valence-corrected chi connectivity index (χ3v) is 11.5. The summed E-state index contributed by atoms with van der Waals surface area (Å²) in [5.41, 5.74) is 3.21. The van der Waals surface area contributed by atoms with Crippen LogP contribution in [0.3, 0.4) is 0 Å². The van der Waals surface area contributed by atoms with Crippen LogP contribution in [0.4, 0.5) is 5.69 Å². The van der Waals surface area contributed by atoms with Crippen molar-refractivity contribution in [1.29, 1.82) is 0 Å². The number of hydrogen-bond donors (Lipinski definition) is 2. The van der Waals surface area contributed by atoms with E-state index in [0.29, 0.717) is 11.1 Å². The van der Waals surface area contributed by atoms with E-state index in [4.69, 9.17) is 0 Å². The van der Waals surface area contributed by atoms with E-state index in [0.717, 1.165) is 41.1 Å². The lowest BCUT2D eigenvalue weighted by Crippen LogP contribution is -2.62. The highest BCUT2D eigenvalue weighted by Crippen LogP contribution is 2.37. The smallest absolute Gasteiger partial charge is 0.257 e. The largest absolute Gasteiger partial charge is 0.347 e. The Morgan fingerprint density at radius 3 is 2.56 bits per heavy atom. The molecule has 2 saturated heterocycles. The van der Waals surface area contributed by atoms with Crippen LogP contribution in [-0.2, 0) is 22.9 Å². The first-order valence-corrected chi connectivity index (χ1v) is 16.7. The number of aromatic nitrogens is 1. The second kappa shape index (κ2) is 11.0. The Hall–Kier alpha value is -3.90. The molecule has 0 radical (unpaired) electrons. The van der Waals surface area contributed by atoms with Crippen molar-refractivity contribution in [3.63, 3.8) is 0 Å². The zero-order valence-corrected chi connectivity index (χ0v) is 25.3. The van der Waals surface area contributed by atoms with Crippen LogP contribution in [0.25, 0.3) is 10.6 Å². The Labute approximate surface area is 254 Å². The molecule has 3 aliphatic rings. The van der Waals surface area contributed by atoms with Crippen molar-refractivity contribution in [3.05, 3.63) is 94.0 Å². The van der Waals surface area contributed by atoms with Crippen LogP contribution in [-0.4, -0.2) is 67.2 Å². The fourth-order valence-corrected chi connectivity index (χ4v) is 8.43. The fourth-order valence-electron chi connectivity index (χ4n) is 5.90. The van der Waals surface area contributed by atoms with Crippen LogP contribution in [0.15, 0.2) is 76.7 Å². The van der Waals surface area contributed by atoms with Crippen molar-refractivity contribution in [1.82, 2.24) is 20.1 Å². The minimum atomic E-state index is -3.95. The van der Waals surface area contributed by atoms with Gasteiger partial charge in [-0.25, -0.2) is 13.4 Å². The van der Waals surface area contributed by atoms with Crippen LogP contribution < -0.4 is 10.6 Å². The first kappa shape index (κ1) is 27.9. The van der Waals surface area contributed by atoms with Crippen molar-refractivity contribution < 1.29 is 18.0 Å². The van der Waals surface area contributed by atoms with Crippen molar-refractivity contribution in [2.24, 2.45) is 0 Å². The number of sulfone groups is 1. The van der Waals surface area contributed by atoms with Crippen LogP contribution >= 0.6 is 11.3 Å². The lowest BCUT2D eigenvalue weighted by Gasteiger charge is -2.49. The number of rotatable bonds is 7. The molecule has 0 aliphatic carbocycles. The molecule has 43 heavy (non-hydrogen) atoms. The number of thiazole rings is 1. The Balaban J connectivity index is 0.998. The molecule has 2 amide bonds. The summed E-state index contributed by atoms with van der Waals surface area (Å²) in [6.45, 7) is 7.68. The standard InChI is InChI=1S/C32H31N5O4S2/c1-20-25(11-12-28-29(20)35-31(39)26-5-2-3-6-27(26)43(28,40)41)30(38)33-15-24-16-34-32(42-24)22-9-7-21(8-10-22)17-36-18-23(19-36)37-13-4-14-37/h2-3,5-12,16,23H,4,13-15,17-19H2,1H3,(H,33,38)(H,35,39). The first-order chi connectivity index (χ1) is 20.8. The number of anilines is 1. The SMILES string of the molecule is Cc1c(C(=O)NCc2cnc(-c3ccc(CN4CC(N5CCC5)C4)cc3)s2)ccc2c1NC(=O)c1ccccc1S2(=O)=O. The summed E-state index contributed by atoms with van der Waals surface area (Å²) in [6.07, 6.45) is 3.10. The molecular formula is C32H31N5O4S2. The maximum absolute atomic E-state index is 13.4. The Kier molecular flexibility index (Phi) is 7.13. The quantitative estimate of drug-likeness (QED) is 0.319. The number of amides is 2. The van der Waals surface area contributed by atoms with E-state index < -0.39 is 15.7 Å². The van der Waals surface area contributed by atoms with Gasteiger partial charge in [-0.05, 0) is 61.8 Å². The van der Waals surface area contributed by atoms with Crippen molar-refractivity contribution in [2.75, 3.05) is 31.5 Å². The summed E-state index contributed by atoms with van der Waals surface area (Å²) in [6, 6.07) is 18.2. The summed E-state index contributed by atoms with van der Waals surface area (Å²) in [5, 5.41) is 6.51. The predicted octanol–water partition coefficient (Wildman–Crippen LogP) is 4.34. The topological polar surface area (TPSA) is 112 Å². The van der Waals surface area contributed by atoms with Gasteiger partial charge in [-0.15, -0.1) is 11.3 Å². The number of fused-ring (bicyclic) bond motifs is 2. The van der Waals surface area contributed by atoms with Crippen LogP contribution in [0, 0.1) is 6.92 Å². The lowest BCUT2D eigenvalue weighted by molar-refractivity contribution is -0.00402.